The van der Waals surface area contributed by atoms with E-state index in [4.69, 9.17) is 4.74 Å². The minimum atomic E-state index is 0.531. The van der Waals surface area contributed by atoms with Crippen LogP contribution in [-0.4, -0.2) is 19.2 Å². The molecule has 15 heavy (non-hydrogen) atoms. The Morgan fingerprint density at radius 3 is 3.13 bits per heavy atom. The lowest BCUT2D eigenvalue weighted by Gasteiger charge is -2.13. The highest BCUT2D eigenvalue weighted by Gasteiger charge is 2.14. The lowest BCUT2D eigenvalue weighted by Crippen LogP contribution is -2.28. The summed E-state index contributed by atoms with van der Waals surface area (Å²) in [5.41, 5.74) is 1.19. The van der Waals surface area contributed by atoms with E-state index in [0.29, 0.717) is 6.04 Å². The van der Waals surface area contributed by atoms with Gasteiger partial charge in [-0.15, -0.1) is 0 Å². The molecule has 1 heterocycles. The molecule has 0 amide bonds. The second kappa shape index (κ2) is 4.99. The second-order valence-electron chi connectivity index (χ2n) is 4.01. The summed E-state index contributed by atoms with van der Waals surface area (Å²) in [6, 6.07) is 6.67. The first-order chi connectivity index (χ1) is 7.25. The molecule has 2 rings (SSSR count). The Kier molecular flexibility index (Phi) is 3.65. The number of hydrogen-bond acceptors (Lipinski definition) is 2. The van der Waals surface area contributed by atoms with Gasteiger partial charge in [-0.25, -0.2) is 0 Å². The van der Waals surface area contributed by atoms with Gasteiger partial charge in [0.1, 0.15) is 12.4 Å². The Bertz CT molecular complexity index is 334. The minimum absolute atomic E-state index is 0.531. The topological polar surface area (TPSA) is 21.3 Å². The maximum absolute atomic E-state index is 5.81. The van der Waals surface area contributed by atoms with Crippen molar-refractivity contribution >= 4 is 15.9 Å². The lowest BCUT2D eigenvalue weighted by atomic mass is 10.2. The maximum atomic E-state index is 5.81. The molecule has 1 aliphatic rings. The van der Waals surface area contributed by atoms with Crippen LogP contribution in [0.4, 0.5) is 0 Å². The molecule has 1 aliphatic heterocycles. The third-order valence-corrected chi connectivity index (χ3v) is 3.25. The summed E-state index contributed by atoms with van der Waals surface area (Å²) >= 11 is 3.45. The predicted octanol–water partition coefficient (Wildman–Crippen LogP) is 2.89. The maximum Gasteiger partial charge on any atom is 0.123 e. The quantitative estimate of drug-likeness (QED) is 0.911. The molecule has 0 radical (unpaired) electrons. The molecule has 0 saturated carbocycles. The molecule has 1 fully saturated rings. The summed E-state index contributed by atoms with van der Waals surface area (Å²) in [5, 5.41) is 3.42. The molecule has 2 nitrogen and oxygen atoms in total. The highest BCUT2D eigenvalue weighted by Crippen LogP contribution is 2.23. The molecule has 0 aliphatic carbocycles. The van der Waals surface area contributed by atoms with Crippen LogP contribution in [0.3, 0.4) is 0 Å². The van der Waals surface area contributed by atoms with Crippen molar-refractivity contribution in [2.45, 2.75) is 25.8 Å². The Hall–Kier alpha value is -0.540. The molecular weight excluding hydrogens is 254 g/mol. The van der Waals surface area contributed by atoms with Crippen LogP contribution in [0, 0.1) is 6.92 Å². The van der Waals surface area contributed by atoms with E-state index in [1.54, 1.807) is 0 Å². The van der Waals surface area contributed by atoms with E-state index < -0.39 is 0 Å². The monoisotopic (exact) mass is 269 g/mol. The van der Waals surface area contributed by atoms with E-state index in [1.807, 2.05) is 12.1 Å². The average Bonchev–Trinajstić information content (AvgIpc) is 2.72. The highest BCUT2D eigenvalue weighted by atomic mass is 79.9. The van der Waals surface area contributed by atoms with Gasteiger partial charge >= 0.3 is 0 Å². The summed E-state index contributed by atoms with van der Waals surface area (Å²) in [7, 11) is 0. The smallest absolute Gasteiger partial charge is 0.123 e. The van der Waals surface area contributed by atoms with Gasteiger partial charge in [-0.2, -0.15) is 0 Å². The second-order valence-corrected chi connectivity index (χ2v) is 4.93. The predicted molar refractivity (Wildman–Crippen MR) is 65.4 cm³/mol. The number of halogens is 1. The number of benzene rings is 1. The zero-order valence-corrected chi connectivity index (χ0v) is 10.5. The number of aryl methyl sites for hydroxylation is 1. The van der Waals surface area contributed by atoms with Crippen LogP contribution in [0.1, 0.15) is 18.4 Å². The third kappa shape index (κ3) is 2.95. The van der Waals surface area contributed by atoms with Gasteiger partial charge in [-0.1, -0.05) is 22.0 Å². The van der Waals surface area contributed by atoms with Crippen molar-refractivity contribution in [1.29, 1.82) is 0 Å². The van der Waals surface area contributed by atoms with Crippen molar-refractivity contribution in [3.63, 3.8) is 0 Å². The van der Waals surface area contributed by atoms with E-state index in [9.17, 15) is 0 Å². The van der Waals surface area contributed by atoms with Crippen molar-refractivity contribution in [2.24, 2.45) is 0 Å². The SMILES string of the molecule is Cc1ccc(Br)cc1OCC1CCCN1. The molecular formula is C12H16BrNO. The molecule has 3 heteroatoms. The molecule has 82 valence electrons. The fraction of sp³-hybridized carbons (Fsp3) is 0.500. The zero-order valence-electron chi connectivity index (χ0n) is 8.92. The summed E-state index contributed by atoms with van der Waals surface area (Å²) in [4.78, 5) is 0. The third-order valence-electron chi connectivity index (χ3n) is 2.75. The molecule has 1 unspecified atom stereocenters. The summed E-state index contributed by atoms with van der Waals surface area (Å²) in [5.74, 6) is 0.984. The molecule has 0 spiro atoms. The summed E-state index contributed by atoms with van der Waals surface area (Å²) < 4.78 is 6.88. The summed E-state index contributed by atoms with van der Waals surface area (Å²) in [6.45, 7) is 3.98. The standard InChI is InChI=1S/C12H16BrNO/c1-9-4-5-10(13)7-12(9)15-8-11-3-2-6-14-11/h4-5,7,11,14H,2-3,6,8H2,1H3. The highest BCUT2D eigenvalue weighted by molar-refractivity contribution is 9.10. The fourth-order valence-corrected chi connectivity index (χ4v) is 2.16. The Balaban J connectivity index is 1.94. The normalized spacial score (nSPS) is 20.5. The lowest BCUT2D eigenvalue weighted by molar-refractivity contribution is 0.275. The Labute approximate surface area is 99.1 Å². The fourth-order valence-electron chi connectivity index (χ4n) is 1.82. The van der Waals surface area contributed by atoms with Crippen LogP contribution in [-0.2, 0) is 0 Å². The van der Waals surface area contributed by atoms with Crippen LogP contribution < -0.4 is 10.1 Å². The molecule has 1 aromatic carbocycles. The zero-order chi connectivity index (χ0) is 10.7. The van der Waals surface area contributed by atoms with Crippen LogP contribution in [0.5, 0.6) is 5.75 Å². The van der Waals surface area contributed by atoms with Gasteiger partial charge in [0.15, 0.2) is 0 Å². The Morgan fingerprint density at radius 2 is 2.40 bits per heavy atom. The summed E-state index contributed by atoms with van der Waals surface area (Å²) in [6.07, 6.45) is 2.50. The van der Waals surface area contributed by atoms with Gasteiger partial charge in [-0.05, 0) is 44.0 Å². The minimum Gasteiger partial charge on any atom is -0.492 e. The van der Waals surface area contributed by atoms with Gasteiger partial charge in [-0.3, -0.25) is 0 Å². The number of rotatable bonds is 3. The first kappa shape index (κ1) is 11.0. The molecule has 1 atom stereocenters. The first-order valence-corrected chi connectivity index (χ1v) is 6.17. The van der Waals surface area contributed by atoms with Crippen molar-refractivity contribution < 1.29 is 4.74 Å². The first-order valence-electron chi connectivity index (χ1n) is 5.38. The molecule has 0 bridgehead atoms. The number of nitrogens with one attached hydrogen (secondary N) is 1. The van der Waals surface area contributed by atoms with Gasteiger partial charge in [0.2, 0.25) is 0 Å². The van der Waals surface area contributed by atoms with E-state index in [-0.39, 0.29) is 0 Å². The van der Waals surface area contributed by atoms with E-state index >= 15 is 0 Å². The van der Waals surface area contributed by atoms with Crippen molar-refractivity contribution in [3.8, 4) is 5.75 Å². The van der Waals surface area contributed by atoms with Gasteiger partial charge in [0.05, 0.1) is 0 Å². The van der Waals surface area contributed by atoms with Crippen molar-refractivity contribution in [1.82, 2.24) is 5.32 Å². The van der Waals surface area contributed by atoms with E-state index in [1.165, 1.54) is 18.4 Å². The van der Waals surface area contributed by atoms with Crippen LogP contribution in [0.2, 0.25) is 0 Å². The van der Waals surface area contributed by atoms with E-state index in [0.717, 1.165) is 23.4 Å². The Morgan fingerprint density at radius 1 is 1.53 bits per heavy atom. The molecule has 1 saturated heterocycles. The van der Waals surface area contributed by atoms with Crippen LogP contribution in [0.15, 0.2) is 22.7 Å². The molecule has 1 aromatic rings. The van der Waals surface area contributed by atoms with Gasteiger partial charge in [0.25, 0.3) is 0 Å². The largest absolute Gasteiger partial charge is 0.492 e. The average molecular weight is 270 g/mol. The molecule has 1 N–H and O–H groups in total. The number of ether oxygens (including phenoxy) is 1. The van der Waals surface area contributed by atoms with Gasteiger partial charge in [0, 0.05) is 10.5 Å². The molecule has 0 aromatic heterocycles. The van der Waals surface area contributed by atoms with Gasteiger partial charge < -0.3 is 10.1 Å². The van der Waals surface area contributed by atoms with Crippen molar-refractivity contribution in [3.05, 3.63) is 28.2 Å². The van der Waals surface area contributed by atoms with Crippen molar-refractivity contribution in [2.75, 3.05) is 13.2 Å². The number of hydrogen-bond donors (Lipinski definition) is 1. The van der Waals surface area contributed by atoms with Crippen LogP contribution >= 0.6 is 15.9 Å². The van der Waals surface area contributed by atoms with Crippen LogP contribution in [0.25, 0.3) is 0 Å². The van der Waals surface area contributed by atoms with E-state index in [2.05, 4.69) is 34.2 Å².